The number of para-hydroxylation sites is 1. The van der Waals surface area contributed by atoms with Gasteiger partial charge in [-0.1, -0.05) is 0 Å². The van der Waals surface area contributed by atoms with E-state index < -0.39 is 13.8 Å². The molecule has 0 unspecified atom stereocenters. The number of nitrogens with two attached hydrogens (primary N) is 2. The number of benzene rings is 1. The standard InChI is InChI=1S/C9H8O.2H2N.Ni/c1-2-5-8-6-3-4-7-9(8)10;;;/h3-7,10H,1H2;2*1H2;/q;2*-1;+2. The van der Waals surface area contributed by atoms with Crippen LogP contribution in [-0.2, 0) is 13.8 Å². The first-order chi connectivity index (χ1) is 6.20. The van der Waals surface area contributed by atoms with Crippen LogP contribution in [0.5, 0.6) is 5.75 Å². The Hall–Kier alpha value is -0.826. The molecule has 0 aliphatic carbocycles. The molecule has 0 heterocycles. The summed E-state index contributed by atoms with van der Waals surface area (Å²) in [5.41, 5.74) is 0.732. The van der Waals surface area contributed by atoms with Crippen LogP contribution in [0.2, 0.25) is 5.39 Å². The minimum absolute atomic E-state index is 0.241. The van der Waals surface area contributed by atoms with Gasteiger partial charge in [0.05, 0.1) is 0 Å². The normalized spacial score (nSPS) is 12.0. The molecule has 0 amide bonds. The number of rotatable bonds is 3. The van der Waals surface area contributed by atoms with Crippen molar-refractivity contribution in [2.24, 2.45) is 9.63 Å². The van der Waals surface area contributed by atoms with Gasteiger partial charge in [-0.3, -0.25) is 0 Å². The fraction of sp³-hybridized carbons (Fsp3) is 0.111. The first kappa shape index (κ1) is 10.3. The Balaban J connectivity index is 2.63. The molecule has 0 bridgehead atoms. The van der Waals surface area contributed by atoms with Gasteiger partial charge in [0.25, 0.3) is 0 Å². The Labute approximate surface area is 82.1 Å². The van der Waals surface area contributed by atoms with E-state index in [-0.39, 0.29) is 5.75 Å². The number of hydrogen-bond donors (Lipinski definition) is 3. The summed E-state index contributed by atoms with van der Waals surface area (Å²) in [6.45, 7) is 0. The van der Waals surface area contributed by atoms with Crippen LogP contribution in [0.1, 0.15) is 5.56 Å². The fourth-order valence-corrected chi connectivity index (χ4v) is 1.16. The summed E-state index contributed by atoms with van der Waals surface area (Å²) in [5, 5.41) is 9.87. The summed E-state index contributed by atoms with van der Waals surface area (Å²) in [6, 6.07) is 7.04. The SMILES string of the molecule is [NH2][Ni]([NH2])[CH2]/[C]=C/c1ccccc1O. The molecule has 0 aliphatic rings. The molecule has 13 heavy (non-hydrogen) atoms. The summed E-state index contributed by atoms with van der Waals surface area (Å²) in [5.74, 6) is 0.241. The van der Waals surface area contributed by atoms with Crippen molar-refractivity contribution in [2.45, 2.75) is 5.39 Å². The zero-order valence-corrected chi connectivity index (χ0v) is 8.00. The van der Waals surface area contributed by atoms with Gasteiger partial charge >= 0.3 is 81.7 Å². The predicted molar refractivity (Wildman–Crippen MR) is 49.0 cm³/mol. The molecule has 0 spiro atoms. The summed E-state index contributed by atoms with van der Waals surface area (Å²) in [6.07, 6.45) is 4.62. The van der Waals surface area contributed by atoms with Crippen LogP contribution in [0.15, 0.2) is 24.3 Å². The van der Waals surface area contributed by atoms with Crippen LogP contribution in [0, 0.1) is 6.08 Å². The third-order valence-electron chi connectivity index (χ3n) is 1.39. The third-order valence-corrected chi connectivity index (χ3v) is 1.99. The van der Waals surface area contributed by atoms with E-state index in [0.717, 1.165) is 5.56 Å². The van der Waals surface area contributed by atoms with E-state index in [4.69, 9.17) is 9.63 Å². The van der Waals surface area contributed by atoms with Gasteiger partial charge in [-0.15, -0.1) is 0 Å². The van der Waals surface area contributed by atoms with Crippen molar-refractivity contribution in [1.29, 1.82) is 0 Å². The molecule has 0 saturated heterocycles. The second kappa shape index (κ2) is 5.02. The number of allylic oxidation sites excluding steroid dienone is 1. The van der Waals surface area contributed by atoms with E-state index in [9.17, 15) is 5.11 Å². The van der Waals surface area contributed by atoms with E-state index in [0.29, 0.717) is 5.39 Å². The molecular formula is C9H12N2NiO. The van der Waals surface area contributed by atoms with Crippen molar-refractivity contribution in [2.75, 3.05) is 0 Å². The van der Waals surface area contributed by atoms with E-state index >= 15 is 0 Å². The van der Waals surface area contributed by atoms with Crippen molar-refractivity contribution in [3.63, 3.8) is 0 Å². The Morgan fingerprint density at radius 1 is 1.38 bits per heavy atom. The zero-order chi connectivity index (χ0) is 9.68. The number of hydrogen-bond acceptors (Lipinski definition) is 3. The van der Waals surface area contributed by atoms with E-state index in [1.54, 1.807) is 24.3 Å². The number of aromatic hydroxyl groups is 1. The van der Waals surface area contributed by atoms with Gasteiger partial charge in [0.1, 0.15) is 0 Å². The van der Waals surface area contributed by atoms with E-state index in [1.165, 1.54) is 0 Å². The molecule has 0 aliphatic heterocycles. The van der Waals surface area contributed by atoms with Crippen molar-refractivity contribution in [3.05, 3.63) is 35.9 Å². The minimum atomic E-state index is -0.736. The zero-order valence-electron chi connectivity index (χ0n) is 7.01. The molecule has 1 aromatic rings. The summed E-state index contributed by atoms with van der Waals surface area (Å²) < 4.78 is 0. The molecular weight excluding hydrogens is 211 g/mol. The molecule has 1 rings (SSSR count). The number of phenols is 1. The second-order valence-electron chi connectivity index (χ2n) is 2.38. The van der Waals surface area contributed by atoms with Crippen LogP contribution < -0.4 is 9.63 Å². The molecule has 0 atom stereocenters. The summed E-state index contributed by atoms with van der Waals surface area (Å²) in [7, 11) is 0. The molecule has 3 nitrogen and oxygen atoms in total. The van der Waals surface area contributed by atoms with Gasteiger partial charge in [0, 0.05) is 0 Å². The molecule has 0 saturated carbocycles. The van der Waals surface area contributed by atoms with Gasteiger partial charge in [-0.05, 0) is 0 Å². The average molecular weight is 223 g/mol. The van der Waals surface area contributed by atoms with Crippen molar-refractivity contribution in [1.82, 2.24) is 0 Å². The maximum absolute atomic E-state index is 9.35. The molecule has 1 radical (unpaired) electrons. The molecule has 0 fully saturated rings. The van der Waals surface area contributed by atoms with Crippen molar-refractivity contribution >= 4 is 6.08 Å². The predicted octanol–water partition coefficient (Wildman–Crippen LogP) is 0.992. The maximum atomic E-state index is 9.35. The monoisotopic (exact) mass is 222 g/mol. The van der Waals surface area contributed by atoms with Crippen LogP contribution in [0.4, 0.5) is 0 Å². The van der Waals surface area contributed by atoms with Crippen molar-refractivity contribution in [3.8, 4) is 5.75 Å². The summed E-state index contributed by atoms with van der Waals surface area (Å²) >= 11 is -0.736. The Morgan fingerprint density at radius 3 is 2.69 bits per heavy atom. The average Bonchev–Trinajstić information content (AvgIpc) is 2.08. The number of phenolic OH excluding ortho intramolecular Hbond substituents is 1. The second-order valence-corrected chi connectivity index (χ2v) is 3.87. The first-order valence-corrected chi connectivity index (χ1v) is 5.41. The molecule has 4 heteroatoms. The molecule has 0 aromatic heterocycles. The molecule has 5 N–H and O–H groups in total. The van der Waals surface area contributed by atoms with Gasteiger partial charge in [0.2, 0.25) is 0 Å². The van der Waals surface area contributed by atoms with Gasteiger partial charge in [0.15, 0.2) is 0 Å². The third kappa shape index (κ3) is 3.59. The van der Waals surface area contributed by atoms with Crippen molar-refractivity contribution < 1.29 is 18.9 Å². The topological polar surface area (TPSA) is 72.3 Å². The van der Waals surface area contributed by atoms with Gasteiger partial charge in [-0.25, -0.2) is 0 Å². The van der Waals surface area contributed by atoms with E-state index in [1.807, 2.05) is 6.07 Å². The quantitative estimate of drug-likeness (QED) is 0.669. The van der Waals surface area contributed by atoms with Crippen LogP contribution in [-0.4, -0.2) is 5.11 Å². The molecule has 74 valence electrons. The van der Waals surface area contributed by atoms with Gasteiger partial charge < -0.3 is 0 Å². The summed E-state index contributed by atoms with van der Waals surface area (Å²) in [4.78, 5) is 10.7. The van der Waals surface area contributed by atoms with Crippen LogP contribution >= 0.6 is 0 Å². The first-order valence-electron chi connectivity index (χ1n) is 3.57. The fourth-order valence-electron chi connectivity index (χ4n) is 0.826. The van der Waals surface area contributed by atoms with Gasteiger partial charge in [-0.2, -0.15) is 0 Å². The Bertz CT molecular complexity index is 299. The Kier molecular flexibility index (Phi) is 3.96. The van der Waals surface area contributed by atoms with E-state index in [2.05, 4.69) is 6.08 Å². The van der Waals surface area contributed by atoms with Crippen LogP contribution in [0.3, 0.4) is 0 Å². The van der Waals surface area contributed by atoms with Crippen LogP contribution in [0.25, 0.3) is 6.08 Å². The Morgan fingerprint density at radius 2 is 2.08 bits per heavy atom. The molecule has 1 aromatic carbocycles.